The Balaban J connectivity index is 1.65. The van der Waals surface area contributed by atoms with Crippen molar-refractivity contribution in [1.82, 2.24) is 28.6 Å². The van der Waals surface area contributed by atoms with E-state index >= 15 is 0 Å². The fourth-order valence-corrected chi connectivity index (χ4v) is 5.67. The largest absolute Gasteiger partial charge is 0.383 e. The first-order chi connectivity index (χ1) is 16.8. The van der Waals surface area contributed by atoms with Gasteiger partial charge in [-0.25, -0.2) is 17.7 Å². The van der Waals surface area contributed by atoms with Gasteiger partial charge >= 0.3 is 0 Å². The number of rotatable bonds is 10. The molecule has 0 aliphatic heterocycles. The smallest absolute Gasteiger partial charge is 0.242 e. The molecule has 2 heterocycles. The molecular formula is C23H27ClN6O3S2. The Bertz CT molecular complexity index is 1430. The highest BCUT2D eigenvalue weighted by Gasteiger charge is 2.20. The molecule has 0 amide bonds. The van der Waals surface area contributed by atoms with E-state index in [1.165, 1.54) is 30.2 Å². The first-order valence-corrected chi connectivity index (χ1v) is 13.8. The Morgan fingerprint density at radius 3 is 2.49 bits per heavy atom. The van der Waals surface area contributed by atoms with E-state index in [1.807, 2.05) is 41.8 Å². The Hall–Kier alpha value is -2.44. The van der Waals surface area contributed by atoms with Gasteiger partial charge in [-0.15, -0.1) is 10.2 Å². The maximum Gasteiger partial charge on any atom is 0.242 e. The van der Waals surface area contributed by atoms with Crippen LogP contribution in [0, 0.1) is 0 Å². The highest BCUT2D eigenvalue weighted by Crippen LogP contribution is 2.29. The molecule has 2 aromatic heterocycles. The summed E-state index contributed by atoms with van der Waals surface area (Å²) >= 11 is 7.57. The molecule has 0 aliphatic rings. The van der Waals surface area contributed by atoms with Crippen molar-refractivity contribution in [3.8, 4) is 11.4 Å². The molecule has 0 bridgehead atoms. The topological polar surface area (TPSA) is 95.1 Å². The van der Waals surface area contributed by atoms with Crippen molar-refractivity contribution in [2.45, 2.75) is 35.8 Å². The van der Waals surface area contributed by atoms with Crippen molar-refractivity contribution >= 4 is 44.4 Å². The van der Waals surface area contributed by atoms with Gasteiger partial charge in [0.25, 0.3) is 0 Å². The summed E-state index contributed by atoms with van der Waals surface area (Å²) in [5, 5.41) is 10.2. The van der Waals surface area contributed by atoms with E-state index < -0.39 is 10.0 Å². The minimum atomic E-state index is -3.54. The van der Waals surface area contributed by atoms with Gasteiger partial charge in [0.15, 0.2) is 11.0 Å². The molecule has 0 saturated carbocycles. The van der Waals surface area contributed by atoms with Crippen LogP contribution in [-0.2, 0) is 33.6 Å². The number of aromatic nitrogens is 5. The summed E-state index contributed by atoms with van der Waals surface area (Å²) < 4.78 is 35.7. The molecule has 0 unspecified atom stereocenters. The molecular weight excluding hydrogens is 508 g/mol. The molecule has 0 saturated heterocycles. The van der Waals surface area contributed by atoms with E-state index in [4.69, 9.17) is 21.3 Å². The monoisotopic (exact) mass is 534 g/mol. The molecule has 4 aromatic rings. The molecule has 0 fully saturated rings. The third-order valence-corrected chi connectivity index (χ3v) is 8.59. The summed E-state index contributed by atoms with van der Waals surface area (Å²) in [7, 11) is 1.16. The summed E-state index contributed by atoms with van der Waals surface area (Å²) in [6.07, 6.45) is 0. The van der Waals surface area contributed by atoms with Gasteiger partial charge in [0.2, 0.25) is 10.0 Å². The van der Waals surface area contributed by atoms with Gasteiger partial charge in [-0.2, -0.15) is 0 Å². The van der Waals surface area contributed by atoms with Crippen LogP contribution in [0.15, 0.2) is 52.5 Å². The van der Waals surface area contributed by atoms with Gasteiger partial charge in [0.1, 0.15) is 5.82 Å². The number of fused-ring (bicyclic) bond motifs is 1. The molecule has 2 aromatic carbocycles. The normalized spacial score (nSPS) is 12.2. The fourth-order valence-electron chi connectivity index (χ4n) is 3.72. The van der Waals surface area contributed by atoms with E-state index in [0.29, 0.717) is 36.0 Å². The Labute approximate surface area is 214 Å². The summed E-state index contributed by atoms with van der Waals surface area (Å²) in [5.74, 6) is 2.12. The lowest BCUT2D eigenvalue weighted by molar-refractivity contribution is 0.185. The predicted octanol–water partition coefficient (Wildman–Crippen LogP) is 4.16. The number of halogens is 1. The Morgan fingerprint density at radius 1 is 1.09 bits per heavy atom. The number of sulfonamides is 1. The van der Waals surface area contributed by atoms with Gasteiger partial charge in [0.05, 0.1) is 34.8 Å². The zero-order valence-electron chi connectivity index (χ0n) is 20.0. The molecule has 186 valence electrons. The standard InChI is InChI=1S/C23H27ClN6O3S2/c1-5-29-20-11-10-18(35(31,32)28(2)3)14-19(20)25-21(29)15-34-23-27-26-22(30(23)12-13-33-4)16-6-8-17(24)9-7-16/h6-11,14H,5,12-13,15H2,1-4H3. The maximum absolute atomic E-state index is 12.6. The summed E-state index contributed by atoms with van der Waals surface area (Å²) in [6, 6.07) is 12.6. The van der Waals surface area contributed by atoms with Crippen LogP contribution >= 0.6 is 23.4 Å². The van der Waals surface area contributed by atoms with Crippen LogP contribution in [0.3, 0.4) is 0 Å². The van der Waals surface area contributed by atoms with Crippen molar-refractivity contribution in [3.05, 3.63) is 53.3 Å². The minimum absolute atomic E-state index is 0.224. The summed E-state index contributed by atoms with van der Waals surface area (Å²) in [6.45, 7) is 3.86. The second-order valence-corrected chi connectivity index (χ2v) is 11.5. The Morgan fingerprint density at radius 2 is 1.83 bits per heavy atom. The van der Waals surface area contributed by atoms with Crippen LogP contribution in [-0.4, -0.2) is 64.9 Å². The molecule has 0 aliphatic carbocycles. The van der Waals surface area contributed by atoms with Crippen LogP contribution in [0.25, 0.3) is 22.4 Å². The number of methoxy groups -OCH3 is 1. The average molecular weight is 535 g/mol. The van der Waals surface area contributed by atoms with Crippen LogP contribution in [0.2, 0.25) is 5.02 Å². The fraction of sp³-hybridized carbons (Fsp3) is 0.348. The van der Waals surface area contributed by atoms with Crippen molar-refractivity contribution in [1.29, 1.82) is 0 Å². The zero-order chi connectivity index (χ0) is 25.2. The molecule has 0 atom stereocenters. The number of imidazole rings is 1. The molecule has 0 radical (unpaired) electrons. The lowest BCUT2D eigenvalue weighted by Gasteiger charge is -2.11. The quantitative estimate of drug-likeness (QED) is 0.282. The molecule has 4 rings (SSSR count). The van der Waals surface area contributed by atoms with Crippen molar-refractivity contribution < 1.29 is 13.2 Å². The SMILES string of the molecule is CCn1c(CSc2nnc(-c3ccc(Cl)cc3)n2CCOC)nc2cc(S(=O)(=O)N(C)C)ccc21. The van der Waals surface area contributed by atoms with E-state index in [0.717, 1.165) is 27.9 Å². The second kappa shape index (κ2) is 10.7. The summed E-state index contributed by atoms with van der Waals surface area (Å²) in [5.41, 5.74) is 2.46. The van der Waals surface area contributed by atoms with E-state index in [1.54, 1.807) is 19.2 Å². The zero-order valence-corrected chi connectivity index (χ0v) is 22.4. The third kappa shape index (κ3) is 5.24. The lowest BCUT2D eigenvalue weighted by atomic mass is 10.2. The van der Waals surface area contributed by atoms with Gasteiger partial charge in [-0.3, -0.25) is 4.57 Å². The van der Waals surface area contributed by atoms with Crippen LogP contribution in [0.4, 0.5) is 0 Å². The highest BCUT2D eigenvalue weighted by molar-refractivity contribution is 7.98. The van der Waals surface area contributed by atoms with Crippen LogP contribution < -0.4 is 0 Å². The molecule has 35 heavy (non-hydrogen) atoms. The van der Waals surface area contributed by atoms with E-state index in [2.05, 4.69) is 14.8 Å². The van der Waals surface area contributed by atoms with Crippen molar-refractivity contribution in [2.24, 2.45) is 0 Å². The van der Waals surface area contributed by atoms with E-state index in [-0.39, 0.29) is 4.90 Å². The first-order valence-electron chi connectivity index (χ1n) is 11.0. The maximum atomic E-state index is 12.6. The molecule has 0 N–H and O–H groups in total. The van der Waals surface area contributed by atoms with Gasteiger partial charge in [-0.1, -0.05) is 23.4 Å². The van der Waals surface area contributed by atoms with E-state index in [9.17, 15) is 8.42 Å². The highest BCUT2D eigenvalue weighted by atomic mass is 35.5. The first kappa shape index (κ1) is 25.6. The van der Waals surface area contributed by atoms with Crippen molar-refractivity contribution in [2.75, 3.05) is 27.8 Å². The van der Waals surface area contributed by atoms with Crippen molar-refractivity contribution in [3.63, 3.8) is 0 Å². The minimum Gasteiger partial charge on any atom is -0.383 e. The molecule has 12 heteroatoms. The Kier molecular flexibility index (Phi) is 7.82. The predicted molar refractivity (Wildman–Crippen MR) is 138 cm³/mol. The van der Waals surface area contributed by atoms with Gasteiger partial charge in [0, 0.05) is 38.3 Å². The van der Waals surface area contributed by atoms with Gasteiger partial charge < -0.3 is 9.30 Å². The number of nitrogens with zero attached hydrogens (tertiary/aromatic N) is 6. The average Bonchev–Trinajstić information content (AvgIpc) is 3.41. The number of aryl methyl sites for hydroxylation is 1. The third-order valence-electron chi connectivity index (χ3n) is 5.56. The summed E-state index contributed by atoms with van der Waals surface area (Å²) in [4.78, 5) is 4.98. The second-order valence-electron chi connectivity index (χ2n) is 7.96. The molecule has 9 nitrogen and oxygen atoms in total. The van der Waals surface area contributed by atoms with Crippen LogP contribution in [0.1, 0.15) is 12.7 Å². The number of hydrogen-bond acceptors (Lipinski definition) is 7. The number of thioether (sulfide) groups is 1. The number of hydrogen-bond donors (Lipinski definition) is 0. The molecule has 0 spiro atoms. The lowest BCUT2D eigenvalue weighted by Crippen LogP contribution is -2.22. The number of benzene rings is 2. The van der Waals surface area contributed by atoms with Gasteiger partial charge in [-0.05, 0) is 49.4 Å². The van der Waals surface area contributed by atoms with Crippen LogP contribution in [0.5, 0.6) is 0 Å². The number of ether oxygens (including phenoxy) is 1.